The molecule has 0 unspecified atom stereocenters. The number of fused-ring (bicyclic) bond motifs is 1. The number of hydrogen-bond donors (Lipinski definition) is 1. The maximum atomic E-state index is 12.3. The quantitative estimate of drug-likeness (QED) is 0.484. The van der Waals surface area contributed by atoms with Crippen LogP contribution in [0.25, 0.3) is 11.0 Å². The smallest absolute Gasteiger partial charge is 0.261 e. The number of nitrogens with one attached hydrogen (secondary N) is 1. The second-order valence-corrected chi connectivity index (χ2v) is 7.82. The molecular weight excluding hydrogens is 382 g/mol. The molecule has 29 heavy (non-hydrogen) atoms. The maximum Gasteiger partial charge on any atom is 0.261 e. The molecule has 5 nitrogen and oxygen atoms in total. The lowest BCUT2D eigenvalue weighted by molar-refractivity contribution is 0.0953. The number of nitrogens with zero attached hydrogens (tertiary/aromatic N) is 2. The third kappa shape index (κ3) is 4.17. The van der Waals surface area contributed by atoms with Crippen molar-refractivity contribution in [1.82, 2.24) is 14.9 Å². The predicted octanol–water partition coefficient (Wildman–Crippen LogP) is 4.72. The van der Waals surface area contributed by atoms with E-state index in [2.05, 4.69) is 29.8 Å². The molecule has 4 aromatic rings. The minimum Gasteiger partial charge on any atom is -0.491 e. The minimum atomic E-state index is -0.0785. The van der Waals surface area contributed by atoms with Gasteiger partial charge >= 0.3 is 0 Å². The summed E-state index contributed by atoms with van der Waals surface area (Å²) in [4.78, 5) is 17.7. The van der Waals surface area contributed by atoms with Crippen molar-refractivity contribution in [3.05, 3.63) is 81.8 Å². The molecule has 2 heterocycles. The van der Waals surface area contributed by atoms with E-state index in [-0.39, 0.29) is 5.91 Å². The Morgan fingerprint density at radius 1 is 1.10 bits per heavy atom. The van der Waals surface area contributed by atoms with Gasteiger partial charge in [0.25, 0.3) is 5.91 Å². The van der Waals surface area contributed by atoms with E-state index in [1.807, 2.05) is 53.9 Å². The number of thiophene rings is 1. The van der Waals surface area contributed by atoms with Gasteiger partial charge in [0.1, 0.15) is 18.2 Å². The van der Waals surface area contributed by atoms with Gasteiger partial charge in [0.15, 0.2) is 0 Å². The van der Waals surface area contributed by atoms with E-state index < -0.39 is 0 Å². The van der Waals surface area contributed by atoms with E-state index in [1.54, 1.807) is 0 Å². The van der Waals surface area contributed by atoms with Crippen molar-refractivity contribution in [3.8, 4) is 5.75 Å². The molecule has 0 aliphatic carbocycles. The molecule has 0 atom stereocenters. The predicted molar refractivity (Wildman–Crippen MR) is 117 cm³/mol. The fourth-order valence-electron chi connectivity index (χ4n) is 3.29. The molecule has 1 N–H and O–H groups in total. The molecular formula is C23H23N3O2S. The average molecular weight is 406 g/mol. The van der Waals surface area contributed by atoms with E-state index in [4.69, 9.17) is 9.72 Å². The molecule has 2 aromatic heterocycles. The van der Waals surface area contributed by atoms with Gasteiger partial charge in [-0.15, -0.1) is 11.3 Å². The van der Waals surface area contributed by atoms with E-state index in [1.165, 1.54) is 16.9 Å². The van der Waals surface area contributed by atoms with E-state index >= 15 is 0 Å². The summed E-state index contributed by atoms with van der Waals surface area (Å²) >= 11 is 1.43. The van der Waals surface area contributed by atoms with Crippen LogP contribution < -0.4 is 10.1 Å². The first-order chi connectivity index (χ1) is 14.1. The molecule has 1 amide bonds. The Morgan fingerprint density at radius 2 is 1.97 bits per heavy atom. The van der Waals surface area contributed by atoms with Crippen molar-refractivity contribution < 1.29 is 9.53 Å². The standard InChI is InChI=1S/C23H23N3O2S/c1-16-7-5-10-20(17(16)2)28-13-12-26-19-9-4-3-8-18(19)25-22(26)15-24-23(27)21-11-6-14-29-21/h3-11,14H,12-13,15H2,1-2H3,(H,24,27). The van der Waals surface area contributed by atoms with Crippen LogP contribution in [0.5, 0.6) is 5.75 Å². The Labute approximate surface area is 174 Å². The van der Waals surface area contributed by atoms with Gasteiger partial charge in [-0.3, -0.25) is 4.79 Å². The van der Waals surface area contributed by atoms with Crippen molar-refractivity contribution in [2.24, 2.45) is 0 Å². The largest absolute Gasteiger partial charge is 0.491 e. The SMILES string of the molecule is Cc1cccc(OCCn2c(CNC(=O)c3cccs3)nc3ccccc32)c1C. The monoisotopic (exact) mass is 405 g/mol. The van der Waals surface area contributed by atoms with Crippen molar-refractivity contribution in [2.45, 2.75) is 26.9 Å². The Hall–Kier alpha value is -3.12. The van der Waals surface area contributed by atoms with Gasteiger partial charge in [-0.25, -0.2) is 4.98 Å². The number of benzene rings is 2. The third-order valence-corrected chi connectivity index (χ3v) is 5.88. The second kappa shape index (κ2) is 8.49. The van der Waals surface area contributed by atoms with E-state index in [9.17, 15) is 4.79 Å². The molecule has 0 aliphatic rings. The molecule has 0 saturated heterocycles. The number of ether oxygens (including phenoxy) is 1. The number of aryl methyl sites for hydroxylation is 1. The van der Waals surface area contributed by atoms with Gasteiger partial charge in [-0.05, 0) is 54.6 Å². The zero-order chi connectivity index (χ0) is 20.2. The number of rotatable bonds is 7. The van der Waals surface area contributed by atoms with Crippen LogP contribution in [0.1, 0.15) is 26.6 Å². The zero-order valence-electron chi connectivity index (χ0n) is 16.5. The zero-order valence-corrected chi connectivity index (χ0v) is 17.3. The fraction of sp³-hybridized carbons (Fsp3) is 0.217. The minimum absolute atomic E-state index is 0.0785. The summed E-state index contributed by atoms with van der Waals surface area (Å²) in [5.74, 6) is 1.65. The number of hydrogen-bond acceptors (Lipinski definition) is 4. The van der Waals surface area contributed by atoms with Crippen molar-refractivity contribution in [2.75, 3.05) is 6.61 Å². The third-order valence-electron chi connectivity index (χ3n) is 5.01. The number of para-hydroxylation sites is 2. The first kappa shape index (κ1) is 19.2. The summed E-state index contributed by atoms with van der Waals surface area (Å²) in [7, 11) is 0. The molecule has 148 valence electrons. The number of carbonyl (C=O) groups is 1. The summed E-state index contributed by atoms with van der Waals surface area (Å²) in [6.45, 7) is 5.70. The number of amides is 1. The van der Waals surface area contributed by atoms with Crippen molar-refractivity contribution >= 4 is 28.3 Å². The average Bonchev–Trinajstić information content (AvgIpc) is 3.38. The topological polar surface area (TPSA) is 56.1 Å². The van der Waals surface area contributed by atoms with Crippen LogP contribution in [-0.4, -0.2) is 22.1 Å². The highest BCUT2D eigenvalue weighted by Gasteiger charge is 2.13. The number of imidazole rings is 1. The molecule has 4 rings (SSSR count). The highest BCUT2D eigenvalue weighted by molar-refractivity contribution is 7.12. The van der Waals surface area contributed by atoms with Crippen LogP contribution in [-0.2, 0) is 13.1 Å². The molecule has 0 bridgehead atoms. The summed E-state index contributed by atoms with van der Waals surface area (Å²) in [6.07, 6.45) is 0. The van der Waals surface area contributed by atoms with Crippen molar-refractivity contribution in [1.29, 1.82) is 0 Å². The van der Waals surface area contributed by atoms with Gasteiger partial charge in [0, 0.05) is 0 Å². The maximum absolute atomic E-state index is 12.3. The van der Waals surface area contributed by atoms with Crippen LogP contribution in [0.2, 0.25) is 0 Å². The molecule has 0 saturated carbocycles. The molecule has 6 heteroatoms. The fourth-order valence-corrected chi connectivity index (χ4v) is 3.93. The summed E-state index contributed by atoms with van der Waals surface area (Å²) in [6, 6.07) is 17.8. The van der Waals surface area contributed by atoms with Crippen LogP contribution >= 0.6 is 11.3 Å². The van der Waals surface area contributed by atoms with E-state index in [0.717, 1.165) is 28.2 Å². The molecule has 0 fully saturated rings. The molecule has 0 spiro atoms. The Kier molecular flexibility index (Phi) is 5.62. The van der Waals surface area contributed by atoms with Gasteiger partial charge in [0.05, 0.1) is 29.0 Å². The summed E-state index contributed by atoms with van der Waals surface area (Å²) in [5, 5.41) is 4.87. The lowest BCUT2D eigenvalue weighted by Gasteiger charge is -2.13. The lowest BCUT2D eigenvalue weighted by Crippen LogP contribution is -2.24. The summed E-state index contributed by atoms with van der Waals surface area (Å²) in [5.41, 5.74) is 4.33. The highest BCUT2D eigenvalue weighted by Crippen LogP contribution is 2.21. The Bertz CT molecular complexity index is 1130. The number of carbonyl (C=O) groups excluding carboxylic acids is 1. The van der Waals surface area contributed by atoms with E-state index in [0.29, 0.717) is 24.6 Å². The van der Waals surface area contributed by atoms with Gasteiger partial charge in [0.2, 0.25) is 0 Å². The Morgan fingerprint density at radius 3 is 2.79 bits per heavy atom. The van der Waals surface area contributed by atoms with Crippen LogP contribution in [0.15, 0.2) is 60.0 Å². The molecule has 0 radical (unpaired) electrons. The van der Waals surface area contributed by atoms with Gasteiger partial charge < -0.3 is 14.6 Å². The van der Waals surface area contributed by atoms with Gasteiger partial charge in [-0.2, -0.15) is 0 Å². The molecule has 0 aliphatic heterocycles. The summed E-state index contributed by atoms with van der Waals surface area (Å²) < 4.78 is 8.17. The van der Waals surface area contributed by atoms with Crippen molar-refractivity contribution in [3.63, 3.8) is 0 Å². The van der Waals surface area contributed by atoms with Crippen LogP contribution in [0.4, 0.5) is 0 Å². The second-order valence-electron chi connectivity index (χ2n) is 6.87. The molecule has 2 aromatic carbocycles. The number of aromatic nitrogens is 2. The normalized spacial score (nSPS) is 11.0. The highest BCUT2D eigenvalue weighted by atomic mass is 32.1. The first-order valence-electron chi connectivity index (χ1n) is 9.58. The van der Waals surface area contributed by atoms with Crippen LogP contribution in [0, 0.1) is 13.8 Å². The van der Waals surface area contributed by atoms with Gasteiger partial charge in [-0.1, -0.05) is 30.3 Å². The first-order valence-corrected chi connectivity index (χ1v) is 10.5. The van der Waals surface area contributed by atoms with Crippen LogP contribution in [0.3, 0.4) is 0 Å². The lowest BCUT2D eigenvalue weighted by atomic mass is 10.1. The Balaban J connectivity index is 1.50.